The van der Waals surface area contributed by atoms with E-state index in [1.807, 2.05) is 0 Å². The molecule has 0 saturated heterocycles. The Hall–Kier alpha value is -0.280. The summed E-state index contributed by atoms with van der Waals surface area (Å²) in [6, 6.07) is 1.44. The van der Waals surface area contributed by atoms with Crippen LogP contribution >= 0.6 is 46.4 Å². The summed E-state index contributed by atoms with van der Waals surface area (Å²) in [5.41, 5.74) is 0. The predicted molar refractivity (Wildman–Crippen MR) is 61.7 cm³/mol. The highest BCUT2D eigenvalue weighted by molar-refractivity contribution is 6.50. The fourth-order valence-electron chi connectivity index (χ4n) is 1.22. The highest BCUT2D eigenvalue weighted by Crippen LogP contribution is 2.39. The molecule has 0 spiro atoms. The SMILES string of the molecule is Fc1c(Cl)c(Cl)c(Cl)c2cc(Cl)ncc12. The van der Waals surface area contributed by atoms with Crippen LogP contribution in [-0.4, -0.2) is 4.98 Å². The molecule has 1 heterocycles. The molecule has 0 radical (unpaired) electrons. The van der Waals surface area contributed by atoms with Gasteiger partial charge < -0.3 is 0 Å². The Morgan fingerprint density at radius 1 is 0.933 bits per heavy atom. The molecule has 78 valence electrons. The fraction of sp³-hybridized carbons (Fsp3) is 0. The molecule has 15 heavy (non-hydrogen) atoms. The van der Waals surface area contributed by atoms with Crippen LogP contribution in [0.3, 0.4) is 0 Å². The lowest BCUT2D eigenvalue weighted by Gasteiger charge is -2.06. The van der Waals surface area contributed by atoms with E-state index in [0.29, 0.717) is 5.39 Å². The van der Waals surface area contributed by atoms with Crippen molar-refractivity contribution < 1.29 is 4.39 Å². The van der Waals surface area contributed by atoms with Crippen LogP contribution in [0.5, 0.6) is 0 Å². The summed E-state index contributed by atoms with van der Waals surface area (Å²) >= 11 is 23.0. The summed E-state index contributed by atoms with van der Waals surface area (Å²) in [5.74, 6) is -0.648. The van der Waals surface area contributed by atoms with Gasteiger partial charge in [-0.1, -0.05) is 46.4 Å². The van der Waals surface area contributed by atoms with Crippen molar-refractivity contribution in [2.75, 3.05) is 0 Å². The maximum Gasteiger partial charge on any atom is 0.152 e. The largest absolute Gasteiger partial charge is 0.244 e. The van der Waals surface area contributed by atoms with Crippen molar-refractivity contribution in [1.82, 2.24) is 4.98 Å². The van der Waals surface area contributed by atoms with Crippen LogP contribution in [0.4, 0.5) is 4.39 Å². The summed E-state index contributed by atoms with van der Waals surface area (Å²) < 4.78 is 13.6. The molecule has 1 aromatic carbocycles. The van der Waals surface area contributed by atoms with Gasteiger partial charge in [0.15, 0.2) is 5.82 Å². The van der Waals surface area contributed by atoms with E-state index < -0.39 is 5.82 Å². The number of nitrogens with zero attached hydrogens (tertiary/aromatic N) is 1. The van der Waals surface area contributed by atoms with Crippen LogP contribution in [0.25, 0.3) is 10.8 Å². The molecule has 0 unspecified atom stereocenters. The summed E-state index contributed by atoms with van der Waals surface area (Å²) in [6.45, 7) is 0. The van der Waals surface area contributed by atoms with Crippen LogP contribution < -0.4 is 0 Å². The van der Waals surface area contributed by atoms with E-state index in [2.05, 4.69) is 4.98 Å². The van der Waals surface area contributed by atoms with Crippen molar-refractivity contribution >= 4 is 57.2 Å². The molecule has 0 atom stereocenters. The van der Waals surface area contributed by atoms with E-state index in [-0.39, 0.29) is 25.6 Å². The highest BCUT2D eigenvalue weighted by atomic mass is 35.5. The van der Waals surface area contributed by atoms with Crippen molar-refractivity contribution in [1.29, 1.82) is 0 Å². The van der Waals surface area contributed by atoms with E-state index in [1.54, 1.807) is 0 Å². The lowest BCUT2D eigenvalue weighted by molar-refractivity contribution is 0.640. The molecule has 0 aliphatic rings. The van der Waals surface area contributed by atoms with E-state index in [1.165, 1.54) is 12.3 Å². The summed E-state index contributed by atoms with van der Waals surface area (Å²) in [4.78, 5) is 3.75. The average molecular weight is 285 g/mol. The molecule has 0 bridgehead atoms. The van der Waals surface area contributed by atoms with Gasteiger partial charge in [-0.15, -0.1) is 0 Å². The van der Waals surface area contributed by atoms with E-state index in [9.17, 15) is 4.39 Å². The Morgan fingerprint density at radius 3 is 2.27 bits per heavy atom. The minimum atomic E-state index is -0.648. The minimum Gasteiger partial charge on any atom is -0.244 e. The topological polar surface area (TPSA) is 12.9 Å². The van der Waals surface area contributed by atoms with E-state index in [4.69, 9.17) is 46.4 Å². The second kappa shape index (κ2) is 3.95. The van der Waals surface area contributed by atoms with Crippen LogP contribution in [0.15, 0.2) is 12.3 Å². The maximum atomic E-state index is 13.6. The van der Waals surface area contributed by atoms with Crippen LogP contribution in [0.1, 0.15) is 0 Å². The number of fused-ring (bicyclic) bond motifs is 1. The Kier molecular flexibility index (Phi) is 2.95. The highest BCUT2D eigenvalue weighted by Gasteiger charge is 2.16. The van der Waals surface area contributed by atoms with Crippen molar-refractivity contribution in [3.8, 4) is 0 Å². The molecule has 0 aliphatic carbocycles. The maximum absolute atomic E-state index is 13.6. The molecule has 2 aromatic rings. The normalized spacial score (nSPS) is 11.0. The summed E-state index contributed by atoms with van der Waals surface area (Å²) in [5, 5.41) is 0.732. The summed E-state index contributed by atoms with van der Waals surface area (Å²) in [7, 11) is 0. The molecule has 0 saturated carbocycles. The van der Waals surface area contributed by atoms with Crippen molar-refractivity contribution in [2.45, 2.75) is 0 Å². The van der Waals surface area contributed by atoms with Gasteiger partial charge in [-0.25, -0.2) is 9.37 Å². The van der Waals surface area contributed by atoms with Gasteiger partial charge in [0, 0.05) is 17.0 Å². The number of aromatic nitrogens is 1. The predicted octanol–water partition coefficient (Wildman–Crippen LogP) is 4.99. The quantitative estimate of drug-likeness (QED) is 0.377. The fourth-order valence-corrected chi connectivity index (χ4v) is 2.05. The third kappa shape index (κ3) is 1.76. The first-order valence-corrected chi connectivity index (χ1v) is 5.30. The monoisotopic (exact) mass is 283 g/mol. The van der Waals surface area contributed by atoms with Gasteiger partial charge in [0.1, 0.15) is 5.15 Å². The van der Waals surface area contributed by atoms with Gasteiger partial charge in [-0.05, 0) is 6.07 Å². The lowest BCUT2D eigenvalue weighted by atomic mass is 10.1. The molecule has 0 N–H and O–H groups in total. The standard InChI is InChI=1S/C9H2Cl4FN/c10-5-1-3-4(2-15-5)9(14)8(13)7(12)6(3)11/h1-2H. The molecular weight excluding hydrogens is 283 g/mol. The Morgan fingerprint density at radius 2 is 1.60 bits per heavy atom. The number of hydrogen-bond donors (Lipinski definition) is 0. The Bertz CT molecular complexity index is 556. The molecule has 0 amide bonds. The van der Waals surface area contributed by atoms with Crippen LogP contribution in [-0.2, 0) is 0 Å². The van der Waals surface area contributed by atoms with Crippen molar-refractivity contribution in [3.05, 3.63) is 38.3 Å². The van der Waals surface area contributed by atoms with Crippen LogP contribution in [0, 0.1) is 5.82 Å². The third-order valence-electron chi connectivity index (χ3n) is 1.92. The number of halogens is 5. The Labute approximate surface area is 105 Å². The molecule has 0 fully saturated rings. The van der Waals surface area contributed by atoms with Gasteiger partial charge in [0.2, 0.25) is 0 Å². The van der Waals surface area contributed by atoms with Gasteiger partial charge in [0.05, 0.1) is 15.1 Å². The second-order valence-corrected chi connectivity index (χ2v) is 4.33. The second-order valence-electron chi connectivity index (χ2n) is 2.81. The number of rotatable bonds is 0. The average Bonchev–Trinajstić information content (AvgIpc) is 2.23. The van der Waals surface area contributed by atoms with Crippen LogP contribution in [0.2, 0.25) is 20.2 Å². The zero-order valence-corrected chi connectivity index (χ0v) is 10.0. The molecule has 1 aromatic heterocycles. The lowest BCUT2D eigenvalue weighted by Crippen LogP contribution is -1.87. The first kappa shape index (κ1) is 11.2. The zero-order valence-electron chi connectivity index (χ0n) is 6.99. The number of hydrogen-bond acceptors (Lipinski definition) is 1. The number of benzene rings is 1. The van der Waals surface area contributed by atoms with E-state index in [0.717, 1.165) is 0 Å². The first-order valence-electron chi connectivity index (χ1n) is 3.79. The molecular formula is C9H2Cl4FN. The third-order valence-corrected chi connectivity index (χ3v) is 3.45. The minimum absolute atomic E-state index is 0.0226. The first-order chi connectivity index (χ1) is 7.02. The smallest absolute Gasteiger partial charge is 0.152 e. The van der Waals surface area contributed by atoms with Crippen molar-refractivity contribution in [3.63, 3.8) is 0 Å². The van der Waals surface area contributed by atoms with Gasteiger partial charge in [0.25, 0.3) is 0 Å². The molecule has 2 rings (SSSR count). The molecule has 0 aliphatic heterocycles. The summed E-state index contributed by atoms with van der Waals surface area (Å²) in [6.07, 6.45) is 1.26. The number of pyridine rings is 1. The van der Waals surface area contributed by atoms with Gasteiger partial charge >= 0.3 is 0 Å². The van der Waals surface area contributed by atoms with Crippen molar-refractivity contribution in [2.24, 2.45) is 0 Å². The van der Waals surface area contributed by atoms with E-state index >= 15 is 0 Å². The zero-order chi connectivity index (χ0) is 11.2. The van der Waals surface area contributed by atoms with Gasteiger partial charge in [-0.2, -0.15) is 0 Å². The molecule has 1 nitrogen and oxygen atoms in total. The molecule has 6 heteroatoms. The van der Waals surface area contributed by atoms with Gasteiger partial charge in [-0.3, -0.25) is 0 Å². The Balaban J connectivity index is 3.00.